The second-order valence-electron chi connectivity index (χ2n) is 20.8. The van der Waals surface area contributed by atoms with Gasteiger partial charge in [-0.05, 0) is 129 Å². The Bertz CT molecular complexity index is 3220. The van der Waals surface area contributed by atoms with Gasteiger partial charge in [0.1, 0.15) is 45.4 Å². The zero-order chi connectivity index (χ0) is 54.1. The van der Waals surface area contributed by atoms with E-state index in [9.17, 15) is 32.0 Å². The average molecular weight is 1080 g/mol. The number of thiazole rings is 1. The van der Waals surface area contributed by atoms with E-state index in [1.165, 1.54) is 41.9 Å². The fourth-order valence-corrected chi connectivity index (χ4v) is 12.1. The van der Waals surface area contributed by atoms with E-state index in [4.69, 9.17) is 4.74 Å². The number of aryl methyl sites for hydroxylation is 1. The molecule has 3 atom stereocenters. The van der Waals surface area contributed by atoms with Crippen LogP contribution in [0.25, 0.3) is 10.9 Å². The van der Waals surface area contributed by atoms with Gasteiger partial charge < -0.3 is 35.4 Å². The third-order valence-corrected chi connectivity index (χ3v) is 18.4. The van der Waals surface area contributed by atoms with Crippen molar-refractivity contribution in [2.75, 3.05) is 56.6 Å². The Kier molecular flexibility index (Phi) is 15.8. The Hall–Kier alpha value is -6.98. The minimum atomic E-state index is -3.87. The number of aromatic amines is 1. The number of benzene rings is 2. The van der Waals surface area contributed by atoms with E-state index in [1.807, 2.05) is 13.8 Å². The van der Waals surface area contributed by atoms with Gasteiger partial charge in [-0.1, -0.05) is 0 Å². The molecule has 9 rings (SSSR count). The summed E-state index contributed by atoms with van der Waals surface area (Å²) in [7, 11) is -2.20. The van der Waals surface area contributed by atoms with Crippen LogP contribution in [0.15, 0.2) is 65.4 Å². The Labute approximate surface area is 445 Å². The van der Waals surface area contributed by atoms with E-state index in [1.54, 1.807) is 74.4 Å². The number of fused-ring (bicyclic) bond motifs is 1. The molecule has 3 saturated heterocycles. The second-order valence-corrected chi connectivity index (χ2v) is 24.4. The molecule has 3 aliphatic heterocycles. The van der Waals surface area contributed by atoms with Crippen LogP contribution in [0.4, 0.5) is 22.0 Å². The van der Waals surface area contributed by atoms with Gasteiger partial charge in [0.2, 0.25) is 23.5 Å². The molecule has 1 unspecified atom stereocenters. The zero-order valence-electron chi connectivity index (χ0n) is 43.7. The van der Waals surface area contributed by atoms with Crippen molar-refractivity contribution in [1.29, 1.82) is 0 Å². The fourth-order valence-electron chi connectivity index (χ4n) is 9.81. The first-order valence-electron chi connectivity index (χ1n) is 25.7. The van der Waals surface area contributed by atoms with Gasteiger partial charge in [-0.25, -0.2) is 37.7 Å². The number of sulfone groups is 1. The molecule has 0 saturated carbocycles. The Morgan fingerprint density at radius 1 is 0.908 bits per heavy atom. The molecule has 7 heterocycles. The number of piperidine rings is 2. The lowest BCUT2D eigenvalue weighted by molar-refractivity contribution is -0.139. The van der Waals surface area contributed by atoms with Crippen LogP contribution in [0.5, 0.6) is 5.75 Å². The second kappa shape index (κ2) is 22.3. The summed E-state index contributed by atoms with van der Waals surface area (Å²) in [6, 6.07) is 6.76. The lowest BCUT2D eigenvalue weighted by Gasteiger charge is -2.38. The first-order chi connectivity index (χ1) is 36.3. The van der Waals surface area contributed by atoms with E-state index < -0.39 is 32.5 Å². The maximum atomic E-state index is 14.6. The number of hydrogen-bond acceptors (Lipinski definition) is 17. The number of nitrogens with one attached hydrogen (secondary N) is 4. The van der Waals surface area contributed by atoms with Gasteiger partial charge in [-0.2, -0.15) is 5.10 Å². The summed E-state index contributed by atoms with van der Waals surface area (Å²) >= 11 is 1.30. The average Bonchev–Trinajstić information content (AvgIpc) is 4.21. The molecule has 0 spiro atoms. The van der Waals surface area contributed by atoms with Crippen LogP contribution in [0.1, 0.15) is 115 Å². The minimum absolute atomic E-state index is 0.0592. The van der Waals surface area contributed by atoms with Crippen LogP contribution in [0.3, 0.4) is 0 Å². The Balaban J connectivity index is 0.806. The molecule has 3 fully saturated rings. The predicted octanol–water partition coefficient (Wildman–Crippen LogP) is 6.51. The smallest absolute Gasteiger partial charge is 0.256 e. The van der Waals surface area contributed by atoms with Crippen LogP contribution in [0, 0.1) is 31.5 Å². The van der Waals surface area contributed by atoms with Gasteiger partial charge in [-0.15, -0.1) is 11.3 Å². The highest BCUT2D eigenvalue weighted by atomic mass is 32.2. The van der Waals surface area contributed by atoms with Crippen LogP contribution < -0.4 is 25.6 Å². The summed E-state index contributed by atoms with van der Waals surface area (Å²) < 4.78 is 46.9. The Morgan fingerprint density at radius 3 is 2.28 bits per heavy atom. The summed E-state index contributed by atoms with van der Waals surface area (Å²) in [5, 5.41) is 19.3. The van der Waals surface area contributed by atoms with Crippen molar-refractivity contribution in [2.45, 2.75) is 108 Å². The molecular weight excluding hydrogens is 1010 g/mol. The maximum absolute atomic E-state index is 14.6. The monoisotopic (exact) mass is 1080 g/mol. The topological polar surface area (TPSA) is 251 Å². The molecule has 76 heavy (non-hydrogen) atoms. The quantitative estimate of drug-likeness (QED) is 0.0755. The van der Waals surface area contributed by atoms with Gasteiger partial charge in [0.15, 0.2) is 15.7 Å². The van der Waals surface area contributed by atoms with Crippen molar-refractivity contribution < 1.29 is 36.7 Å². The highest BCUT2D eigenvalue weighted by molar-refractivity contribution is 7.92. The van der Waals surface area contributed by atoms with E-state index in [0.717, 1.165) is 30.5 Å². The predicted molar refractivity (Wildman–Crippen MR) is 285 cm³/mol. The Morgan fingerprint density at radius 2 is 1.62 bits per heavy atom. The third-order valence-electron chi connectivity index (χ3n) is 14.9. The molecule has 402 valence electrons. The number of ketones is 1. The summed E-state index contributed by atoms with van der Waals surface area (Å²) in [5.74, 6) is 0.0233. The molecule has 2 aromatic carbocycles. The van der Waals surface area contributed by atoms with E-state index in [2.05, 4.69) is 56.0 Å². The number of likely N-dealkylation sites (tertiary alicyclic amines) is 2. The number of ether oxygens (including phenoxy) is 1. The number of halogens is 1. The first kappa shape index (κ1) is 53.8. The van der Waals surface area contributed by atoms with E-state index in [-0.39, 0.29) is 64.3 Å². The van der Waals surface area contributed by atoms with Gasteiger partial charge in [0, 0.05) is 78.8 Å². The number of rotatable bonds is 16. The number of aromatic nitrogens is 7. The van der Waals surface area contributed by atoms with E-state index in [0.29, 0.717) is 96.6 Å². The first-order valence-corrected chi connectivity index (χ1v) is 28.0. The van der Waals surface area contributed by atoms with Crippen molar-refractivity contribution in [3.05, 3.63) is 99.4 Å². The van der Waals surface area contributed by atoms with Gasteiger partial charge >= 0.3 is 0 Å². The molecule has 23 heteroatoms. The maximum Gasteiger partial charge on any atom is 0.256 e. The summed E-state index contributed by atoms with van der Waals surface area (Å²) in [6.45, 7) is 13.2. The largest absolute Gasteiger partial charge is 0.492 e. The molecular formula is C53H64FN13O7S2. The molecule has 3 aliphatic rings. The molecule has 0 radical (unpaired) electrons. The van der Waals surface area contributed by atoms with Crippen molar-refractivity contribution in [3.8, 4) is 5.75 Å². The summed E-state index contributed by atoms with van der Waals surface area (Å²) in [4.78, 5) is 83.4. The number of nitrogens with zero attached hydrogens (tertiary/aromatic N) is 9. The van der Waals surface area contributed by atoms with Crippen LogP contribution in [0.2, 0.25) is 0 Å². The molecule has 4 N–H and O–H groups in total. The van der Waals surface area contributed by atoms with Crippen molar-refractivity contribution in [2.24, 2.45) is 11.8 Å². The molecule has 0 aliphatic carbocycles. The number of carbonyl (C=O) groups excluding carboxylic acids is 4. The van der Waals surface area contributed by atoms with E-state index >= 15 is 0 Å². The van der Waals surface area contributed by atoms with Crippen LogP contribution >= 0.6 is 11.3 Å². The zero-order valence-corrected chi connectivity index (χ0v) is 45.4. The number of amides is 3. The summed E-state index contributed by atoms with van der Waals surface area (Å²) in [5.41, 5.74) is 3.20. The molecule has 0 bridgehead atoms. The molecule has 6 aromatic rings. The lowest BCUT2D eigenvalue weighted by Crippen LogP contribution is -2.57. The normalized spacial score (nSPS) is 17.7. The van der Waals surface area contributed by atoms with Crippen molar-refractivity contribution in [3.63, 3.8) is 0 Å². The SMILES string of the molecule is CN[C@@H](C)C(=O)NC(C(=O)N1CCC[C@H]1c1nc(C(=O)c2ccc(F)cc2)cs1)C1CCN(C(=O)c2cnc(N3CCC(COc4cc5ncnc(Nc6n[nH]c(C)c6C)c5cc4S(=O)(=O)C(C)(C)C)CC3)nc2)CC1. The standard InChI is InChI=1S/C53H64FN13O7S2/c1-30-31(2)63-64-46(30)62-47-38-23-43(76(72,73)53(4,5)6)42(24-39(38)58-29-59-47)74-27-33-14-19-66(20-15-33)52-56-25-36(26-57-52)50(70)65-21-16-34(17-22-65)44(61-48(69)32(3)55-7)51(71)67-18-8-9-41(67)49-60-40(28-75-49)45(68)35-10-12-37(54)13-11-35/h10-13,23-26,28-29,32-34,41,44,55H,8-9,14-22,27H2,1-7H3,(H,61,69)(H2,58,59,62,63,64)/t32-,41-,44?/m0/s1. The summed E-state index contributed by atoms with van der Waals surface area (Å²) in [6.07, 6.45) is 8.26. The number of H-pyrrole nitrogens is 1. The van der Waals surface area contributed by atoms with Gasteiger partial charge in [0.05, 0.1) is 34.5 Å². The lowest BCUT2D eigenvalue weighted by atomic mass is 9.87. The fraction of sp³-hybridized carbons (Fsp3) is 0.472. The van der Waals surface area contributed by atoms with Crippen molar-refractivity contribution in [1.82, 2.24) is 55.6 Å². The van der Waals surface area contributed by atoms with Gasteiger partial charge in [0.25, 0.3) is 5.91 Å². The third kappa shape index (κ3) is 11.3. The number of carbonyl (C=O) groups is 4. The van der Waals surface area contributed by atoms with Crippen LogP contribution in [-0.4, -0.2) is 140 Å². The van der Waals surface area contributed by atoms with Gasteiger partial charge in [-0.3, -0.25) is 24.3 Å². The van der Waals surface area contributed by atoms with Crippen LogP contribution in [-0.2, 0) is 19.4 Å². The molecule has 20 nitrogen and oxygen atoms in total. The number of hydrogen-bond donors (Lipinski definition) is 4. The highest BCUT2D eigenvalue weighted by Gasteiger charge is 2.42. The minimum Gasteiger partial charge on any atom is -0.492 e. The number of likely N-dealkylation sites (N-methyl/N-ethyl adjacent to an activating group) is 1. The molecule has 4 aromatic heterocycles. The highest BCUT2D eigenvalue weighted by Crippen LogP contribution is 2.39. The van der Waals surface area contributed by atoms with Crippen molar-refractivity contribution >= 4 is 73.2 Å². The molecule has 3 amide bonds. The number of anilines is 3.